The zero-order valence-corrected chi connectivity index (χ0v) is 15.7. The van der Waals surface area contributed by atoms with Gasteiger partial charge in [-0.15, -0.1) is 0 Å². The summed E-state index contributed by atoms with van der Waals surface area (Å²) in [5.41, 5.74) is 0.669. The van der Waals surface area contributed by atoms with Crippen LogP contribution in [0.3, 0.4) is 0 Å². The number of amides is 1. The number of aromatic nitrogens is 3. The Labute approximate surface area is 158 Å². The van der Waals surface area contributed by atoms with E-state index in [1.54, 1.807) is 11.6 Å². The van der Waals surface area contributed by atoms with E-state index in [0.29, 0.717) is 19.8 Å². The fraction of sp³-hybridized carbons (Fsp3) is 0.550. The minimum absolute atomic E-state index is 0.0663. The number of carbonyl (C=O) groups is 1. The number of rotatable bonds is 3. The third-order valence-electron chi connectivity index (χ3n) is 5.63. The predicted octanol–water partition coefficient (Wildman–Crippen LogP) is 1.70. The molecule has 7 heteroatoms. The maximum Gasteiger partial charge on any atom is 0.350 e. The van der Waals surface area contributed by atoms with Gasteiger partial charge in [-0.3, -0.25) is 4.79 Å². The van der Waals surface area contributed by atoms with E-state index in [1.807, 2.05) is 35.2 Å². The van der Waals surface area contributed by atoms with Crippen LogP contribution in [0, 0.1) is 5.92 Å². The van der Waals surface area contributed by atoms with Crippen molar-refractivity contribution in [3.05, 3.63) is 46.6 Å². The number of hydrogen-bond donors (Lipinski definition) is 0. The molecule has 0 spiro atoms. The Morgan fingerprint density at radius 1 is 1.15 bits per heavy atom. The van der Waals surface area contributed by atoms with Gasteiger partial charge in [-0.2, -0.15) is 5.10 Å². The van der Waals surface area contributed by atoms with Gasteiger partial charge in [-0.05, 0) is 37.8 Å². The number of ether oxygens (including phenoxy) is 1. The van der Waals surface area contributed by atoms with Gasteiger partial charge in [0, 0.05) is 45.2 Å². The van der Waals surface area contributed by atoms with E-state index in [4.69, 9.17) is 4.74 Å². The highest BCUT2D eigenvalue weighted by molar-refractivity contribution is 5.79. The summed E-state index contributed by atoms with van der Waals surface area (Å²) in [6, 6.07) is 9.60. The number of hydrogen-bond acceptors (Lipinski definition) is 4. The number of likely N-dealkylation sites (tertiary alicyclic amines) is 1. The third-order valence-corrected chi connectivity index (χ3v) is 5.63. The zero-order valence-electron chi connectivity index (χ0n) is 15.7. The van der Waals surface area contributed by atoms with Crippen LogP contribution < -0.4 is 5.69 Å². The monoisotopic (exact) mass is 370 g/mol. The summed E-state index contributed by atoms with van der Waals surface area (Å²) in [6.45, 7) is 2.75. The normalized spacial score (nSPS) is 21.4. The second kappa shape index (κ2) is 7.68. The molecule has 144 valence electrons. The van der Waals surface area contributed by atoms with E-state index in [9.17, 15) is 9.59 Å². The summed E-state index contributed by atoms with van der Waals surface area (Å²) in [5.74, 6) is 1.11. The van der Waals surface area contributed by atoms with Crippen LogP contribution in [0.25, 0.3) is 5.69 Å². The summed E-state index contributed by atoms with van der Waals surface area (Å²) >= 11 is 0. The first-order chi connectivity index (χ1) is 13.1. The lowest BCUT2D eigenvalue weighted by Crippen LogP contribution is -2.44. The summed E-state index contributed by atoms with van der Waals surface area (Å²) in [6.07, 6.45) is 3.47. The molecule has 27 heavy (non-hydrogen) atoms. The van der Waals surface area contributed by atoms with Crippen LogP contribution in [0.4, 0.5) is 0 Å². The van der Waals surface area contributed by atoms with Crippen molar-refractivity contribution in [2.75, 3.05) is 26.3 Å². The number of benzene rings is 1. The highest BCUT2D eigenvalue weighted by Crippen LogP contribution is 2.28. The minimum Gasteiger partial charge on any atom is -0.381 e. The number of para-hydroxylation sites is 1. The van der Waals surface area contributed by atoms with Crippen LogP contribution >= 0.6 is 0 Å². The quantitative estimate of drug-likeness (QED) is 0.825. The van der Waals surface area contributed by atoms with Crippen molar-refractivity contribution >= 4 is 5.91 Å². The fourth-order valence-corrected chi connectivity index (χ4v) is 4.16. The molecule has 0 N–H and O–H groups in total. The number of aryl methyl sites for hydroxylation is 1. The summed E-state index contributed by atoms with van der Waals surface area (Å²) in [7, 11) is 1.68. The molecule has 0 aliphatic carbocycles. The third kappa shape index (κ3) is 3.56. The van der Waals surface area contributed by atoms with Crippen molar-refractivity contribution in [1.82, 2.24) is 19.2 Å². The molecule has 2 saturated heterocycles. The lowest BCUT2D eigenvalue weighted by molar-refractivity contribution is -0.139. The minimum atomic E-state index is -0.149. The van der Waals surface area contributed by atoms with Crippen molar-refractivity contribution in [3.8, 4) is 5.69 Å². The molecule has 1 aromatic heterocycles. The first kappa shape index (κ1) is 18.0. The molecule has 2 aliphatic heterocycles. The summed E-state index contributed by atoms with van der Waals surface area (Å²) < 4.78 is 8.46. The Morgan fingerprint density at radius 3 is 2.63 bits per heavy atom. The average Bonchev–Trinajstić information content (AvgIpc) is 3.03. The van der Waals surface area contributed by atoms with Gasteiger partial charge in [-0.25, -0.2) is 14.0 Å². The van der Waals surface area contributed by atoms with E-state index in [-0.39, 0.29) is 23.4 Å². The molecule has 2 aliphatic rings. The Balaban J connectivity index is 1.59. The molecule has 1 amide bonds. The predicted molar refractivity (Wildman–Crippen MR) is 101 cm³/mol. The Morgan fingerprint density at radius 2 is 1.89 bits per heavy atom. The van der Waals surface area contributed by atoms with E-state index >= 15 is 0 Å². The van der Waals surface area contributed by atoms with Gasteiger partial charge in [0.2, 0.25) is 5.91 Å². The van der Waals surface area contributed by atoms with Crippen molar-refractivity contribution in [2.24, 2.45) is 13.0 Å². The maximum atomic E-state index is 12.9. The van der Waals surface area contributed by atoms with Crippen molar-refractivity contribution in [3.63, 3.8) is 0 Å². The highest BCUT2D eigenvalue weighted by atomic mass is 16.5. The molecule has 3 heterocycles. The molecule has 0 bridgehead atoms. The lowest BCUT2D eigenvalue weighted by atomic mass is 9.93. The highest BCUT2D eigenvalue weighted by Gasteiger charge is 2.33. The Bertz CT molecular complexity index is 852. The van der Waals surface area contributed by atoms with Crippen LogP contribution in [0.1, 0.15) is 37.4 Å². The fourth-order valence-electron chi connectivity index (χ4n) is 4.16. The van der Waals surface area contributed by atoms with Gasteiger partial charge in [-0.1, -0.05) is 18.2 Å². The zero-order chi connectivity index (χ0) is 18.8. The molecule has 2 aromatic rings. The smallest absolute Gasteiger partial charge is 0.350 e. The maximum absolute atomic E-state index is 12.9. The van der Waals surface area contributed by atoms with Crippen LogP contribution in [0.2, 0.25) is 0 Å². The van der Waals surface area contributed by atoms with Crippen molar-refractivity contribution < 1.29 is 9.53 Å². The second-order valence-electron chi connectivity index (χ2n) is 7.45. The Hall–Kier alpha value is -2.41. The van der Waals surface area contributed by atoms with E-state index in [1.165, 1.54) is 4.68 Å². The first-order valence-electron chi connectivity index (χ1n) is 9.73. The summed E-state index contributed by atoms with van der Waals surface area (Å²) in [5, 5.41) is 4.53. The molecule has 1 aromatic carbocycles. The molecule has 7 nitrogen and oxygen atoms in total. The van der Waals surface area contributed by atoms with Gasteiger partial charge in [0.15, 0.2) is 0 Å². The van der Waals surface area contributed by atoms with Gasteiger partial charge in [0.05, 0.1) is 5.69 Å². The second-order valence-corrected chi connectivity index (χ2v) is 7.45. The van der Waals surface area contributed by atoms with Gasteiger partial charge < -0.3 is 9.64 Å². The van der Waals surface area contributed by atoms with E-state index in [0.717, 1.165) is 43.7 Å². The average molecular weight is 370 g/mol. The van der Waals surface area contributed by atoms with Gasteiger partial charge in [0.1, 0.15) is 5.82 Å². The molecule has 2 fully saturated rings. The number of carbonyl (C=O) groups excluding carboxylic acids is 1. The molecule has 0 radical (unpaired) electrons. The first-order valence-corrected chi connectivity index (χ1v) is 9.73. The topological polar surface area (TPSA) is 69.4 Å². The van der Waals surface area contributed by atoms with E-state index < -0.39 is 0 Å². The van der Waals surface area contributed by atoms with Crippen LogP contribution in [0.15, 0.2) is 35.1 Å². The largest absolute Gasteiger partial charge is 0.381 e. The van der Waals surface area contributed by atoms with Crippen molar-refractivity contribution in [2.45, 2.75) is 31.6 Å². The number of piperidine rings is 1. The molecule has 1 unspecified atom stereocenters. The lowest BCUT2D eigenvalue weighted by Gasteiger charge is -2.35. The molecular formula is C20H26N4O3. The van der Waals surface area contributed by atoms with E-state index in [2.05, 4.69) is 5.10 Å². The molecule has 1 atom stereocenters. The number of nitrogens with zero attached hydrogens (tertiary/aromatic N) is 4. The SMILES string of the molecule is Cn1nc(C2CCCN(C(=O)C3CCOCC3)C2)n(-c2ccccc2)c1=O. The van der Waals surface area contributed by atoms with Crippen LogP contribution in [-0.2, 0) is 16.6 Å². The Kier molecular flexibility index (Phi) is 5.11. The van der Waals surface area contributed by atoms with Crippen LogP contribution in [-0.4, -0.2) is 51.5 Å². The standard InChI is InChI=1S/C20H26N4O3/c1-22-20(26)24(17-7-3-2-4-8-17)18(21-22)16-6-5-11-23(14-16)19(25)15-9-12-27-13-10-15/h2-4,7-8,15-16H,5-6,9-14H2,1H3. The molecule has 0 saturated carbocycles. The van der Waals surface area contributed by atoms with Crippen molar-refractivity contribution in [1.29, 1.82) is 0 Å². The molecule has 4 rings (SSSR count). The summed E-state index contributed by atoms with van der Waals surface area (Å²) in [4.78, 5) is 27.6. The molecular weight excluding hydrogens is 344 g/mol. The van der Waals surface area contributed by atoms with Gasteiger partial charge in [0.25, 0.3) is 0 Å². The van der Waals surface area contributed by atoms with Gasteiger partial charge >= 0.3 is 5.69 Å². The van der Waals surface area contributed by atoms with Crippen LogP contribution in [0.5, 0.6) is 0 Å².